The van der Waals surface area contributed by atoms with Gasteiger partial charge in [-0.05, 0) is 49.4 Å². The zero-order valence-corrected chi connectivity index (χ0v) is 11.8. The van der Waals surface area contributed by atoms with Gasteiger partial charge in [-0.2, -0.15) is 0 Å². The van der Waals surface area contributed by atoms with Gasteiger partial charge in [0, 0.05) is 6.61 Å². The molecule has 96 valence electrons. The van der Waals surface area contributed by atoms with Crippen LogP contribution >= 0.6 is 0 Å². The van der Waals surface area contributed by atoms with Crippen molar-refractivity contribution < 1.29 is 4.74 Å². The van der Waals surface area contributed by atoms with Crippen LogP contribution in [0.2, 0.25) is 0 Å². The molecule has 3 rings (SSSR count). The van der Waals surface area contributed by atoms with Gasteiger partial charge in [0.1, 0.15) is 0 Å². The van der Waals surface area contributed by atoms with Crippen LogP contribution in [0.1, 0.15) is 59.8 Å². The number of rotatable bonds is 0. The summed E-state index contributed by atoms with van der Waals surface area (Å²) >= 11 is 0. The van der Waals surface area contributed by atoms with E-state index in [9.17, 15) is 0 Å². The van der Waals surface area contributed by atoms with Crippen LogP contribution in [0.5, 0.6) is 0 Å². The number of hydrogen-bond acceptors (Lipinski definition) is 1. The van der Waals surface area contributed by atoms with E-state index in [1.807, 2.05) is 0 Å². The first-order valence-electron chi connectivity index (χ1n) is 7.24. The van der Waals surface area contributed by atoms with E-state index < -0.39 is 0 Å². The van der Waals surface area contributed by atoms with Crippen molar-refractivity contribution in [2.75, 3.05) is 6.61 Å². The van der Waals surface area contributed by atoms with Gasteiger partial charge in [-0.3, -0.25) is 0 Å². The van der Waals surface area contributed by atoms with Gasteiger partial charge in [0.2, 0.25) is 0 Å². The average molecular weight is 234 g/mol. The Morgan fingerprint density at radius 2 is 1.94 bits per heavy atom. The first-order valence-corrected chi connectivity index (χ1v) is 7.24. The maximum Gasteiger partial charge on any atom is 0.0726 e. The molecule has 3 atom stereocenters. The third kappa shape index (κ3) is 1.47. The Kier molecular flexibility index (Phi) is 2.34. The van der Waals surface area contributed by atoms with E-state index >= 15 is 0 Å². The van der Waals surface area contributed by atoms with Gasteiger partial charge in [-0.15, -0.1) is 0 Å². The van der Waals surface area contributed by atoms with E-state index in [1.165, 1.54) is 25.7 Å². The van der Waals surface area contributed by atoms with Crippen molar-refractivity contribution in [1.29, 1.82) is 0 Å². The van der Waals surface area contributed by atoms with E-state index in [4.69, 9.17) is 4.74 Å². The van der Waals surface area contributed by atoms with Gasteiger partial charge in [-0.25, -0.2) is 0 Å². The molecule has 3 aliphatic rings. The van der Waals surface area contributed by atoms with Gasteiger partial charge in [0.15, 0.2) is 0 Å². The molecule has 0 spiro atoms. The summed E-state index contributed by atoms with van der Waals surface area (Å²) in [4.78, 5) is 0. The molecule has 0 N–H and O–H groups in total. The molecule has 1 heterocycles. The van der Waals surface area contributed by atoms with E-state index in [0.717, 1.165) is 18.9 Å². The lowest BCUT2D eigenvalue weighted by atomic mass is 9.50. The van der Waals surface area contributed by atoms with Crippen LogP contribution in [0.15, 0.2) is 11.6 Å². The van der Waals surface area contributed by atoms with Crippen molar-refractivity contribution in [3.05, 3.63) is 11.6 Å². The summed E-state index contributed by atoms with van der Waals surface area (Å²) in [6, 6.07) is 0. The Morgan fingerprint density at radius 3 is 2.71 bits per heavy atom. The molecular formula is C16H26O. The number of fused-ring (bicyclic) bond motifs is 3. The molecule has 0 unspecified atom stereocenters. The molecule has 2 aliphatic carbocycles. The summed E-state index contributed by atoms with van der Waals surface area (Å²) in [6.45, 7) is 10.7. The Morgan fingerprint density at radius 1 is 1.18 bits per heavy atom. The van der Waals surface area contributed by atoms with Crippen molar-refractivity contribution in [2.24, 2.45) is 16.7 Å². The van der Waals surface area contributed by atoms with Gasteiger partial charge in [0.05, 0.1) is 5.60 Å². The highest BCUT2D eigenvalue weighted by Crippen LogP contribution is 2.62. The summed E-state index contributed by atoms with van der Waals surface area (Å²) in [6.07, 6.45) is 9.03. The van der Waals surface area contributed by atoms with E-state index in [2.05, 4.69) is 33.8 Å². The molecule has 0 amide bonds. The molecule has 0 aromatic rings. The molecule has 1 aliphatic heterocycles. The third-order valence-electron chi connectivity index (χ3n) is 5.90. The summed E-state index contributed by atoms with van der Waals surface area (Å²) < 4.78 is 6.08. The van der Waals surface area contributed by atoms with Crippen LogP contribution in [0.3, 0.4) is 0 Å². The zero-order valence-electron chi connectivity index (χ0n) is 11.8. The highest BCUT2D eigenvalue weighted by atomic mass is 16.5. The van der Waals surface area contributed by atoms with Crippen LogP contribution in [0.25, 0.3) is 0 Å². The van der Waals surface area contributed by atoms with Crippen LogP contribution in [0, 0.1) is 16.7 Å². The van der Waals surface area contributed by atoms with Crippen LogP contribution in [0.4, 0.5) is 0 Å². The van der Waals surface area contributed by atoms with Gasteiger partial charge in [0.25, 0.3) is 0 Å². The third-order valence-corrected chi connectivity index (χ3v) is 5.90. The lowest BCUT2D eigenvalue weighted by molar-refractivity contribution is -0.0523. The smallest absolute Gasteiger partial charge is 0.0726 e. The topological polar surface area (TPSA) is 9.23 Å². The first-order chi connectivity index (χ1) is 7.89. The fraction of sp³-hybridized carbons (Fsp3) is 0.875. The highest BCUT2D eigenvalue weighted by Gasteiger charge is 2.56. The summed E-state index contributed by atoms with van der Waals surface area (Å²) in [5.74, 6) is 0.745. The largest absolute Gasteiger partial charge is 0.375 e. The summed E-state index contributed by atoms with van der Waals surface area (Å²) in [7, 11) is 0. The van der Waals surface area contributed by atoms with Gasteiger partial charge < -0.3 is 4.74 Å². The van der Waals surface area contributed by atoms with Crippen LogP contribution in [-0.4, -0.2) is 12.2 Å². The van der Waals surface area contributed by atoms with E-state index in [-0.39, 0.29) is 5.60 Å². The maximum absolute atomic E-state index is 6.08. The molecule has 0 aromatic heterocycles. The standard InChI is InChI=1S/C16H26O/c1-14(2)8-5-9-15(3)12(14)6-10-16(4)13(15)7-11-17-16/h6,13H,5,7-11H2,1-4H3/t13-,15+,16+/m1/s1. The molecule has 17 heavy (non-hydrogen) atoms. The second-order valence-corrected chi connectivity index (χ2v) is 7.48. The number of ether oxygens (including phenoxy) is 1. The van der Waals surface area contributed by atoms with Crippen molar-refractivity contribution in [1.82, 2.24) is 0 Å². The van der Waals surface area contributed by atoms with Crippen molar-refractivity contribution >= 4 is 0 Å². The molecule has 0 radical (unpaired) electrons. The minimum Gasteiger partial charge on any atom is -0.375 e. The van der Waals surface area contributed by atoms with Crippen molar-refractivity contribution in [3.63, 3.8) is 0 Å². The van der Waals surface area contributed by atoms with Crippen molar-refractivity contribution in [3.8, 4) is 0 Å². The van der Waals surface area contributed by atoms with Crippen LogP contribution in [-0.2, 0) is 4.74 Å². The lowest BCUT2D eigenvalue weighted by Gasteiger charge is -2.55. The first kappa shape index (κ1) is 11.8. The lowest BCUT2D eigenvalue weighted by Crippen LogP contribution is -2.50. The molecule has 1 saturated carbocycles. The summed E-state index contributed by atoms with van der Waals surface area (Å²) in [5.41, 5.74) is 2.69. The van der Waals surface area contributed by atoms with E-state index in [0.29, 0.717) is 10.8 Å². The minimum atomic E-state index is 0.131. The Hall–Kier alpha value is -0.300. The maximum atomic E-state index is 6.08. The minimum absolute atomic E-state index is 0.131. The fourth-order valence-corrected chi connectivity index (χ4v) is 5.13. The van der Waals surface area contributed by atoms with Gasteiger partial charge >= 0.3 is 0 Å². The second kappa shape index (κ2) is 3.38. The monoisotopic (exact) mass is 234 g/mol. The quantitative estimate of drug-likeness (QED) is 0.567. The van der Waals surface area contributed by atoms with Crippen LogP contribution < -0.4 is 0 Å². The number of hydrogen-bond donors (Lipinski definition) is 0. The SMILES string of the molecule is CC1(C)CCC[C@@]2(C)C1=CC[C@]1(C)OCC[C@H]21. The highest BCUT2D eigenvalue weighted by molar-refractivity contribution is 5.30. The zero-order chi connectivity index (χ0) is 12.3. The Balaban J connectivity index is 2.07. The second-order valence-electron chi connectivity index (χ2n) is 7.48. The molecule has 0 aromatic carbocycles. The molecular weight excluding hydrogens is 208 g/mol. The van der Waals surface area contributed by atoms with Gasteiger partial charge in [-0.1, -0.05) is 38.8 Å². The average Bonchev–Trinajstić information content (AvgIpc) is 2.60. The Labute approximate surface area is 106 Å². The predicted octanol–water partition coefficient (Wildman–Crippen LogP) is 4.33. The molecule has 0 bridgehead atoms. The predicted molar refractivity (Wildman–Crippen MR) is 70.9 cm³/mol. The molecule has 1 heteroatoms. The summed E-state index contributed by atoms with van der Waals surface area (Å²) in [5, 5.41) is 0. The molecule has 2 fully saturated rings. The molecule has 1 saturated heterocycles. The molecule has 1 nitrogen and oxygen atoms in total. The van der Waals surface area contributed by atoms with E-state index in [1.54, 1.807) is 5.57 Å². The number of allylic oxidation sites excluding steroid dienone is 1. The Bertz CT molecular complexity index is 368. The van der Waals surface area contributed by atoms with Crippen molar-refractivity contribution in [2.45, 2.75) is 65.4 Å². The normalized spacial score (nSPS) is 48.2. The fourth-order valence-electron chi connectivity index (χ4n) is 5.13.